The number of hydrogen-bond acceptors (Lipinski definition) is 3. The van der Waals surface area contributed by atoms with E-state index in [4.69, 9.17) is 4.74 Å². The number of aryl methyl sites for hydroxylation is 1. The van der Waals surface area contributed by atoms with E-state index in [1.807, 2.05) is 32.0 Å². The summed E-state index contributed by atoms with van der Waals surface area (Å²) in [5.41, 5.74) is 3.75. The molecule has 6 nitrogen and oxygen atoms in total. The van der Waals surface area contributed by atoms with Crippen molar-refractivity contribution in [2.75, 3.05) is 37.4 Å². The second-order valence-electron chi connectivity index (χ2n) is 7.48. The van der Waals surface area contributed by atoms with Crippen LogP contribution in [0, 0.1) is 6.92 Å². The van der Waals surface area contributed by atoms with Crippen molar-refractivity contribution < 1.29 is 19.2 Å². The highest BCUT2D eigenvalue weighted by atomic mass is 16.5. The van der Waals surface area contributed by atoms with E-state index in [1.165, 1.54) is 0 Å². The summed E-state index contributed by atoms with van der Waals surface area (Å²) in [5, 5.41) is 5.92. The third-order valence-corrected chi connectivity index (χ3v) is 4.89. The number of quaternary nitrogens is 1. The van der Waals surface area contributed by atoms with E-state index < -0.39 is 0 Å². The van der Waals surface area contributed by atoms with Crippen LogP contribution in [0.5, 0.6) is 5.75 Å². The van der Waals surface area contributed by atoms with Crippen LogP contribution in [-0.4, -0.2) is 38.6 Å². The SMILES string of the molecule is CC[NH+](CC(=O)Nc1ccc(OC)cc1)CC(=O)Nc1c(C)cccc1C(C)C. The van der Waals surface area contributed by atoms with Gasteiger partial charge in [-0.25, -0.2) is 0 Å². The zero-order chi connectivity index (χ0) is 21.4. The molecule has 0 radical (unpaired) electrons. The van der Waals surface area contributed by atoms with E-state index in [0.29, 0.717) is 18.2 Å². The standard InChI is InChI=1S/C23H31N3O3/c1-6-26(14-21(27)24-18-10-12-19(29-5)13-11-18)15-22(28)25-23-17(4)8-7-9-20(23)16(2)3/h7-13,16H,6,14-15H2,1-5H3,(H,24,27)(H,25,28)/p+1. The monoisotopic (exact) mass is 398 g/mol. The number of rotatable bonds is 9. The molecule has 0 aromatic heterocycles. The van der Waals surface area contributed by atoms with Crippen molar-refractivity contribution in [1.82, 2.24) is 0 Å². The molecule has 0 aliphatic carbocycles. The van der Waals surface area contributed by atoms with E-state index >= 15 is 0 Å². The maximum Gasteiger partial charge on any atom is 0.279 e. The minimum absolute atomic E-state index is 0.0877. The van der Waals surface area contributed by atoms with Crippen LogP contribution in [0.4, 0.5) is 11.4 Å². The molecule has 0 heterocycles. The van der Waals surface area contributed by atoms with Gasteiger partial charge in [-0.05, 0) is 55.2 Å². The van der Waals surface area contributed by atoms with Gasteiger partial charge in [0, 0.05) is 11.4 Å². The summed E-state index contributed by atoms with van der Waals surface area (Å²) >= 11 is 0. The molecule has 156 valence electrons. The highest BCUT2D eigenvalue weighted by Crippen LogP contribution is 2.27. The van der Waals surface area contributed by atoms with E-state index in [-0.39, 0.29) is 24.9 Å². The van der Waals surface area contributed by atoms with E-state index in [0.717, 1.165) is 27.5 Å². The van der Waals surface area contributed by atoms with Crippen LogP contribution in [0.1, 0.15) is 37.8 Å². The molecule has 0 bridgehead atoms. The minimum Gasteiger partial charge on any atom is -0.497 e. The molecular formula is C23H32N3O3+. The van der Waals surface area contributed by atoms with Gasteiger partial charge in [0.2, 0.25) is 0 Å². The molecule has 29 heavy (non-hydrogen) atoms. The van der Waals surface area contributed by atoms with Gasteiger partial charge in [-0.1, -0.05) is 32.0 Å². The van der Waals surface area contributed by atoms with Crippen molar-refractivity contribution >= 4 is 23.2 Å². The first-order valence-electron chi connectivity index (χ1n) is 10.0. The Morgan fingerprint density at radius 1 is 1.00 bits per heavy atom. The smallest absolute Gasteiger partial charge is 0.279 e. The van der Waals surface area contributed by atoms with Crippen LogP contribution < -0.4 is 20.3 Å². The number of carbonyl (C=O) groups excluding carboxylic acids is 2. The molecule has 0 aliphatic heterocycles. The lowest BCUT2D eigenvalue weighted by Crippen LogP contribution is -3.13. The highest BCUT2D eigenvalue weighted by molar-refractivity contribution is 5.94. The first-order valence-corrected chi connectivity index (χ1v) is 10.0. The normalized spacial score (nSPS) is 11.8. The van der Waals surface area contributed by atoms with Crippen LogP contribution in [0.25, 0.3) is 0 Å². The van der Waals surface area contributed by atoms with Crippen LogP contribution in [0.15, 0.2) is 42.5 Å². The fourth-order valence-electron chi connectivity index (χ4n) is 3.17. The molecule has 0 saturated carbocycles. The van der Waals surface area contributed by atoms with Gasteiger partial charge in [0.25, 0.3) is 11.8 Å². The summed E-state index contributed by atoms with van der Waals surface area (Å²) in [6.45, 7) is 9.31. The van der Waals surface area contributed by atoms with Crippen LogP contribution in [-0.2, 0) is 9.59 Å². The van der Waals surface area contributed by atoms with Crippen LogP contribution >= 0.6 is 0 Å². The second kappa shape index (κ2) is 10.6. The van der Waals surface area contributed by atoms with Gasteiger partial charge < -0.3 is 20.3 Å². The molecule has 0 saturated heterocycles. The fourth-order valence-corrected chi connectivity index (χ4v) is 3.17. The summed E-state index contributed by atoms with van der Waals surface area (Å²) in [6, 6.07) is 13.2. The zero-order valence-electron chi connectivity index (χ0n) is 18.0. The summed E-state index contributed by atoms with van der Waals surface area (Å²) in [4.78, 5) is 25.9. The Labute approximate surface area is 173 Å². The van der Waals surface area contributed by atoms with E-state index in [2.05, 4.69) is 24.5 Å². The van der Waals surface area contributed by atoms with Crippen molar-refractivity contribution in [3.63, 3.8) is 0 Å². The van der Waals surface area contributed by atoms with Crippen molar-refractivity contribution in [3.8, 4) is 5.75 Å². The predicted octanol–water partition coefficient (Wildman–Crippen LogP) is 2.61. The highest BCUT2D eigenvalue weighted by Gasteiger charge is 2.19. The number of methoxy groups -OCH3 is 1. The Balaban J connectivity index is 1.95. The predicted molar refractivity (Wildman–Crippen MR) is 117 cm³/mol. The Morgan fingerprint density at radius 3 is 2.17 bits per heavy atom. The first kappa shape index (κ1) is 22.4. The summed E-state index contributed by atoms with van der Waals surface area (Å²) < 4.78 is 5.12. The van der Waals surface area contributed by atoms with Gasteiger partial charge in [0.05, 0.1) is 13.7 Å². The van der Waals surface area contributed by atoms with Gasteiger partial charge in [-0.2, -0.15) is 0 Å². The number of nitrogens with one attached hydrogen (secondary N) is 3. The van der Waals surface area contributed by atoms with Gasteiger partial charge >= 0.3 is 0 Å². The van der Waals surface area contributed by atoms with Gasteiger partial charge in [-0.3, -0.25) is 9.59 Å². The minimum atomic E-state index is -0.126. The molecule has 0 aliphatic rings. The quantitative estimate of drug-likeness (QED) is 0.608. The fraction of sp³-hybridized carbons (Fsp3) is 0.391. The molecule has 2 rings (SSSR count). The molecule has 6 heteroatoms. The first-order chi connectivity index (χ1) is 13.8. The molecule has 1 unspecified atom stereocenters. The Bertz CT molecular complexity index is 832. The molecule has 2 aromatic rings. The zero-order valence-corrected chi connectivity index (χ0v) is 18.0. The Morgan fingerprint density at radius 2 is 1.62 bits per heavy atom. The molecule has 0 fully saturated rings. The Hall–Kier alpha value is -2.86. The van der Waals surface area contributed by atoms with Crippen molar-refractivity contribution in [3.05, 3.63) is 53.6 Å². The largest absolute Gasteiger partial charge is 0.497 e. The maximum absolute atomic E-state index is 12.6. The Kier molecular flexibility index (Phi) is 8.21. The summed E-state index contributed by atoms with van der Waals surface area (Å²) in [5.74, 6) is 0.835. The van der Waals surface area contributed by atoms with Crippen molar-refractivity contribution in [2.45, 2.75) is 33.6 Å². The number of likely N-dealkylation sites (N-methyl/N-ethyl adjacent to an activating group) is 1. The topological polar surface area (TPSA) is 71.9 Å². The number of ether oxygens (including phenoxy) is 1. The van der Waals surface area contributed by atoms with E-state index in [9.17, 15) is 9.59 Å². The number of hydrogen-bond donors (Lipinski definition) is 3. The van der Waals surface area contributed by atoms with Crippen LogP contribution in [0.3, 0.4) is 0 Å². The van der Waals surface area contributed by atoms with Gasteiger partial charge in [0.1, 0.15) is 5.75 Å². The third kappa shape index (κ3) is 6.61. The maximum atomic E-state index is 12.6. The number of anilines is 2. The molecule has 2 aromatic carbocycles. The van der Waals surface area contributed by atoms with Crippen molar-refractivity contribution in [2.24, 2.45) is 0 Å². The number of carbonyl (C=O) groups is 2. The lowest BCUT2D eigenvalue weighted by Gasteiger charge is -2.19. The summed E-state index contributed by atoms with van der Waals surface area (Å²) in [6.07, 6.45) is 0. The molecule has 3 N–H and O–H groups in total. The lowest BCUT2D eigenvalue weighted by molar-refractivity contribution is -0.881. The number of amides is 2. The molecule has 1 atom stereocenters. The molecular weight excluding hydrogens is 366 g/mol. The average Bonchev–Trinajstić information content (AvgIpc) is 2.69. The van der Waals surface area contributed by atoms with Gasteiger partial charge in [-0.15, -0.1) is 0 Å². The number of benzene rings is 2. The molecule has 0 spiro atoms. The molecule has 2 amide bonds. The van der Waals surface area contributed by atoms with E-state index in [1.54, 1.807) is 31.4 Å². The van der Waals surface area contributed by atoms with Crippen LogP contribution in [0.2, 0.25) is 0 Å². The van der Waals surface area contributed by atoms with Gasteiger partial charge in [0.15, 0.2) is 13.1 Å². The lowest BCUT2D eigenvalue weighted by atomic mass is 9.98. The number of para-hydroxylation sites is 1. The average molecular weight is 399 g/mol. The third-order valence-electron chi connectivity index (χ3n) is 4.89. The summed E-state index contributed by atoms with van der Waals surface area (Å²) in [7, 11) is 1.60. The second-order valence-corrected chi connectivity index (χ2v) is 7.48. The van der Waals surface area contributed by atoms with Crippen molar-refractivity contribution in [1.29, 1.82) is 0 Å².